The number of carbonyl (C=O) groups excluding carboxylic acids is 1. The van der Waals surface area contributed by atoms with E-state index in [4.69, 9.17) is 5.11 Å². The van der Waals surface area contributed by atoms with E-state index in [0.29, 0.717) is 12.5 Å². The predicted octanol–water partition coefficient (Wildman–Crippen LogP) is 0.531. The zero-order chi connectivity index (χ0) is 8.69. The van der Waals surface area contributed by atoms with Crippen molar-refractivity contribution >= 4 is 5.91 Å². The van der Waals surface area contributed by atoms with E-state index >= 15 is 0 Å². The molecule has 3 nitrogen and oxygen atoms in total. The van der Waals surface area contributed by atoms with Gasteiger partial charge in [0.1, 0.15) is 6.61 Å². The largest absolute Gasteiger partial charge is 0.387 e. The minimum absolute atomic E-state index is 0.281. The van der Waals surface area contributed by atoms with Crippen molar-refractivity contribution in [2.45, 2.75) is 26.7 Å². The number of aliphatic hydroxyl groups is 1. The molecule has 1 amide bonds. The molecule has 0 fully saturated rings. The molecule has 0 unspecified atom stereocenters. The highest BCUT2D eigenvalue weighted by atomic mass is 16.3. The van der Waals surface area contributed by atoms with Gasteiger partial charge in [-0.25, -0.2) is 0 Å². The fourth-order valence-corrected chi connectivity index (χ4v) is 0.891. The molecule has 0 bridgehead atoms. The molecule has 0 aliphatic heterocycles. The molecule has 0 radical (unpaired) electrons. The Morgan fingerprint density at radius 3 is 2.36 bits per heavy atom. The van der Waals surface area contributed by atoms with Crippen molar-refractivity contribution in [3.8, 4) is 0 Å². The normalized spacial score (nSPS) is 10.2. The van der Waals surface area contributed by atoms with Gasteiger partial charge in [-0.2, -0.15) is 0 Å². The molecule has 0 atom stereocenters. The first-order chi connectivity index (χ1) is 5.24. The number of nitrogens with one attached hydrogen (secondary N) is 1. The van der Waals surface area contributed by atoms with Crippen molar-refractivity contribution < 1.29 is 9.90 Å². The second-order valence-electron chi connectivity index (χ2n) is 2.64. The number of hydrogen-bond acceptors (Lipinski definition) is 2. The van der Waals surface area contributed by atoms with Crippen LogP contribution in [0.2, 0.25) is 0 Å². The fourth-order valence-electron chi connectivity index (χ4n) is 0.891. The van der Waals surface area contributed by atoms with Crippen molar-refractivity contribution in [1.29, 1.82) is 0 Å². The van der Waals surface area contributed by atoms with Gasteiger partial charge in [0.05, 0.1) is 0 Å². The summed E-state index contributed by atoms with van der Waals surface area (Å²) in [4.78, 5) is 10.6. The summed E-state index contributed by atoms with van der Waals surface area (Å²) in [5.41, 5.74) is 0. The topological polar surface area (TPSA) is 49.3 Å². The van der Waals surface area contributed by atoms with Crippen LogP contribution in [-0.2, 0) is 4.79 Å². The lowest BCUT2D eigenvalue weighted by atomic mass is 10.0. The number of hydrogen-bond donors (Lipinski definition) is 2. The fraction of sp³-hybridized carbons (Fsp3) is 0.875. The summed E-state index contributed by atoms with van der Waals surface area (Å²) in [6.07, 6.45) is 2.14. The van der Waals surface area contributed by atoms with Gasteiger partial charge in [0.25, 0.3) is 0 Å². The van der Waals surface area contributed by atoms with Crippen LogP contribution in [-0.4, -0.2) is 24.2 Å². The molecular weight excluding hydrogens is 142 g/mol. The Morgan fingerprint density at radius 1 is 1.45 bits per heavy atom. The zero-order valence-electron chi connectivity index (χ0n) is 7.26. The maximum Gasteiger partial charge on any atom is 0.245 e. The highest BCUT2D eigenvalue weighted by Gasteiger charge is 2.04. The molecule has 0 spiro atoms. The van der Waals surface area contributed by atoms with Crippen LogP contribution in [0.25, 0.3) is 0 Å². The first-order valence-electron chi connectivity index (χ1n) is 4.12. The molecular formula is C8H17NO2. The summed E-state index contributed by atoms with van der Waals surface area (Å²) < 4.78 is 0. The van der Waals surface area contributed by atoms with Gasteiger partial charge >= 0.3 is 0 Å². The van der Waals surface area contributed by atoms with Crippen molar-refractivity contribution in [2.75, 3.05) is 13.2 Å². The predicted molar refractivity (Wildman–Crippen MR) is 44.2 cm³/mol. The van der Waals surface area contributed by atoms with Crippen LogP contribution >= 0.6 is 0 Å². The Balaban J connectivity index is 3.42. The maximum atomic E-state index is 10.6. The Morgan fingerprint density at radius 2 is 2.00 bits per heavy atom. The van der Waals surface area contributed by atoms with Crippen LogP contribution in [0.15, 0.2) is 0 Å². The average molecular weight is 159 g/mol. The first-order valence-corrected chi connectivity index (χ1v) is 4.12. The Hall–Kier alpha value is -0.570. The third-order valence-corrected chi connectivity index (χ3v) is 1.89. The summed E-state index contributed by atoms with van der Waals surface area (Å²) in [5, 5.41) is 11.0. The minimum Gasteiger partial charge on any atom is -0.387 e. The Kier molecular flexibility index (Phi) is 5.84. The van der Waals surface area contributed by atoms with Gasteiger partial charge in [-0.3, -0.25) is 4.79 Å². The molecule has 66 valence electrons. The molecule has 0 aromatic heterocycles. The van der Waals surface area contributed by atoms with Gasteiger partial charge < -0.3 is 10.4 Å². The molecule has 0 saturated heterocycles. The van der Waals surface area contributed by atoms with Crippen LogP contribution in [0.1, 0.15) is 26.7 Å². The summed E-state index contributed by atoms with van der Waals surface area (Å²) in [6.45, 7) is 4.48. The molecule has 0 rings (SSSR count). The molecule has 0 aromatic carbocycles. The van der Waals surface area contributed by atoms with Gasteiger partial charge in [-0.15, -0.1) is 0 Å². The lowest BCUT2D eigenvalue weighted by Gasteiger charge is -2.11. The summed E-state index contributed by atoms with van der Waals surface area (Å²) in [7, 11) is 0. The standard InChI is InChI=1S/C8H17NO2/c1-3-7(4-2)5-9-8(11)6-10/h7,10H,3-6H2,1-2H3,(H,9,11). The molecule has 0 aliphatic carbocycles. The number of amides is 1. The average Bonchev–Trinajstić information content (AvgIpc) is 2.06. The summed E-state index contributed by atoms with van der Waals surface area (Å²) in [5.74, 6) is 0.266. The second kappa shape index (κ2) is 6.16. The van der Waals surface area contributed by atoms with E-state index < -0.39 is 6.61 Å². The van der Waals surface area contributed by atoms with Crippen molar-refractivity contribution in [3.63, 3.8) is 0 Å². The van der Waals surface area contributed by atoms with E-state index in [1.54, 1.807) is 0 Å². The SMILES string of the molecule is CCC(CC)CNC(=O)CO. The zero-order valence-corrected chi connectivity index (χ0v) is 7.26. The van der Waals surface area contributed by atoms with E-state index in [9.17, 15) is 4.79 Å². The van der Waals surface area contributed by atoms with E-state index in [1.807, 2.05) is 0 Å². The van der Waals surface area contributed by atoms with Gasteiger partial charge in [0, 0.05) is 6.54 Å². The lowest BCUT2D eigenvalue weighted by molar-refractivity contribution is -0.124. The van der Waals surface area contributed by atoms with Crippen molar-refractivity contribution in [1.82, 2.24) is 5.32 Å². The quantitative estimate of drug-likeness (QED) is 0.614. The van der Waals surface area contributed by atoms with Crippen LogP contribution in [0, 0.1) is 5.92 Å². The van der Waals surface area contributed by atoms with E-state index in [-0.39, 0.29) is 5.91 Å². The molecule has 0 aromatic rings. The molecule has 2 N–H and O–H groups in total. The Bertz CT molecular complexity index is 111. The third-order valence-electron chi connectivity index (χ3n) is 1.89. The van der Waals surface area contributed by atoms with Crippen LogP contribution in [0.3, 0.4) is 0 Å². The molecule has 0 heterocycles. The van der Waals surface area contributed by atoms with Crippen LogP contribution in [0.5, 0.6) is 0 Å². The molecule has 0 aliphatic rings. The molecule has 0 saturated carbocycles. The smallest absolute Gasteiger partial charge is 0.245 e. The maximum absolute atomic E-state index is 10.6. The van der Waals surface area contributed by atoms with Crippen molar-refractivity contribution in [2.24, 2.45) is 5.92 Å². The minimum atomic E-state index is -0.403. The monoisotopic (exact) mass is 159 g/mol. The summed E-state index contributed by atoms with van der Waals surface area (Å²) in [6, 6.07) is 0. The second-order valence-corrected chi connectivity index (χ2v) is 2.64. The number of aliphatic hydroxyl groups excluding tert-OH is 1. The van der Waals surface area contributed by atoms with Crippen LogP contribution in [0.4, 0.5) is 0 Å². The van der Waals surface area contributed by atoms with Crippen molar-refractivity contribution in [3.05, 3.63) is 0 Å². The van der Waals surface area contributed by atoms with Gasteiger partial charge in [0.2, 0.25) is 5.91 Å². The molecule has 11 heavy (non-hydrogen) atoms. The Labute approximate surface area is 67.8 Å². The van der Waals surface area contributed by atoms with Gasteiger partial charge in [-0.1, -0.05) is 26.7 Å². The van der Waals surface area contributed by atoms with E-state index in [2.05, 4.69) is 19.2 Å². The van der Waals surface area contributed by atoms with Crippen LogP contribution < -0.4 is 5.32 Å². The number of carbonyl (C=O) groups is 1. The molecule has 3 heteroatoms. The highest BCUT2D eigenvalue weighted by Crippen LogP contribution is 2.04. The first kappa shape index (κ1) is 10.4. The van der Waals surface area contributed by atoms with Gasteiger partial charge in [0.15, 0.2) is 0 Å². The lowest BCUT2D eigenvalue weighted by Crippen LogP contribution is -2.30. The highest BCUT2D eigenvalue weighted by molar-refractivity contribution is 5.76. The van der Waals surface area contributed by atoms with Gasteiger partial charge in [-0.05, 0) is 5.92 Å². The number of rotatable bonds is 5. The van der Waals surface area contributed by atoms with E-state index in [0.717, 1.165) is 12.8 Å². The van der Waals surface area contributed by atoms with E-state index in [1.165, 1.54) is 0 Å². The summed E-state index contributed by atoms with van der Waals surface area (Å²) >= 11 is 0. The third kappa shape index (κ3) is 4.79.